The van der Waals surface area contributed by atoms with Gasteiger partial charge in [0, 0.05) is 49.7 Å². The summed E-state index contributed by atoms with van der Waals surface area (Å²) < 4.78 is 19.1. The molecule has 3 aromatic carbocycles. The van der Waals surface area contributed by atoms with Gasteiger partial charge in [-0.3, -0.25) is 24.1 Å². The molecular formula is C40H49N7O7. The van der Waals surface area contributed by atoms with Gasteiger partial charge >= 0.3 is 0 Å². The first-order chi connectivity index (χ1) is 26.1. The Kier molecular flexibility index (Phi) is 14.0. The second-order valence-corrected chi connectivity index (χ2v) is 13.2. The fraction of sp³-hybridized carbons (Fsp3) is 0.375. The third-order valence-electron chi connectivity index (χ3n) is 9.17. The summed E-state index contributed by atoms with van der Waals surface area (Å²) in [5.74, 6) is 0.983. The lowest BCUT2D eigenvalue weighted by molar-refractivity contribution is -0.132. The van der Waals surface area contributed by atoms with Gasteiger partial charge in [0.25, 0.3) is 5.91 Å². The lowest BCUT2D eigenvalue weighted by atomic mass is 10.0. The molecule has 2 atom stereocenters. The van der Waals surface area contributed by atoms with Gasteiger partial charge in [-0.25, -0.2) is 4.98 Å². The van der Waals surface area contributed by atoms with Gasteiger partial charge in [0.05, 0.1) is 27.3 Å². The Bertz CT molecular complexity index is 1900. The van der Waals surface area contributed by atoms with Gasteiger partial charge in [0.15, 0.2) is 11.5 Å². The molecule has 286 valence electrons. The Hall–Kier alpha value is -5.89. The summed E-state index contributed by atoms with van der Waals surface area (Å²) in [6, 6.07) is 18.0. The molecule has 4 aromatic rings. The first-order valence-corrected chi connectivity index (χ1v) is 18.0. The lowest BCUT2D eigenvalue weighted by Gasteiger charge is -2.25. The minimum absolute atomic E-state index is 0.0134. The van der Waals surface area contributed by atoms with Crippen molar-refractivity contribution in [1.82, 2.24) is 35.7 Å². The van der Waals surface area contributed by atoms with Crippen LogP contribution in [0.4, 0.5) is 0 Å². The SMILES string of the molecule is COc1cc2ccc1CNC(=O)[C@H](C)NC(=O)[C@H](CCc1ccccc1)NC(=O)CN(Cc1nccn1C)CCCCNC(=O)c1ccc(OC)c(c1)O2. The van der Waals surface area contributed by atoms with Crippen molar-refractivity contribution in [3.05, 3.63) is 102 Å². The van der Waals surface area contributed by atoms with Gasteiger partial charge in [-0.15, -0.1) is 0 Å². The highest BCUT2D eigenvalue weighted by atomic mass is 16.5. The molecule has 0 saturated heterocycles. The fourth-order valence-corrected chi connectivity index (χ4v) is 6.07. The van der Waals surface area contributed by atoms with Crippen molar-refractivity contribution in [2.75, 3.05) is 33.9 Å². The minimum atomic E-state index is -0.896. The maximum absolute atomic E-state index is 13.7. The molecule has 0 fully saturated rings. The Morgan fingerprint density at radius 1 is 0.889 bits per heavy atom. The summed E-state index contributed by atoms with van der Waals surface area (Å²) in [6.07, 6.45) is 5.75. The molecular weight excluding hydrogens is 690 g/mol. The van der Waals surface area contributed by atoms with E-state index in [1.807, 2.05) is 53.0 Å². The average molecular weight is 740 g/mol. The van der Waals surface area contributed by atoms with E-state index in [9.17, 15) is 19.2 Å². The monoisotopic (exact) mass is 739 g/mol. The summed E-state index contributed by atoms with van der Waals surface area (Å²) in [6.45, 7) is 3.08. The molecule has 14 nitrogen and oxygen atoms in total. The number of hydrogen-bond donors (Lipinski definition) is 4. The molecule has 4 bridgehead atoms. The zero-order valence-corrected chi connectivity index (χ0v) is 31.2. The van der Waals surface area contributed by atoms with Crippen molar-refractivity contribution in [2.45, 2.75) is 57.8 Å². The summed E-state index contributed by atoms with van der Waals surface area (Å²) >= 11 is 0. The standard InChI is InChI=1S/C40H49N7O7/c1-27-38(49)43-24-30-13-15-31(23-34(30)53-4)54-35-22-29(14-17-33(35)52-3)39(50)42-18-8-9-20-47(25-36-41-19-21-46(36)2)26-37(48)45-32(40(51)44-27)16-12-28-10-6-5-7-11-28/h5-7,10-11,13-15,17,19,21-23,27,32H,8-9,12,16,18,20,24-26H2,1-4H3,(H,42,50)(H,43,49)(H,44,51)(H,45,48)/t27-,32-/m0/s1. The third kappa shape index (κ3) is 11.1. The summed E-state index contributed by atoms with van der Waals surface area (Å²) in [5, 5.41) is 11.6. The Balaban J connectivity index is 1.38. The Morgan fingerprint density at radius 2 is 1.69 bits per heavy atom. The van der Waals surface area contributed by atoms with Crippen LogP contribution in [0.5, 0.6) is 23.0 Å². The van der Waals surface area contributed by atoms with E-state index in [2.05, 4.69) is 26.3 Å². The third-order valence-corrected chi connectivity index (χ3v) is 9.17. The number of methoxy groups -OCH3 is 2. The summed E-state index contributed by atoms with van der Waals surface area (Å²) in [4.78, 5) is 60.1. The van der Waals surface area contributed by atoms with E-state index in [0.717, 1.165) is 11.4 Å². The van der Waals surface area contributed by atoms with Crippen LogP contribution in [-0.2, 0) is 40.9 Å². The zero-order valence-electron chi connectivity index (χ0n) is 31.2. The number of ether oxygens (including phenoxy) is 3. The topological polar surface area (TPSA) is 165 Å². The largest absolute Gasteiger partial charge is 0.496 e. The van der Waals surface area contributed by atoms with E-state index >= 15 is 0 Å². The van der Waals surface area contributed by atoms with E-state index in [4.69, 9.17) is 14.2 Å². The number of rotatable bonds is 7. The van der Waals surface area contributed by atoms with E-state index in [0.29, 0.717) is 79.4 Å². The van der Waals surface area contributed by atoms with Crippen LogP contribution in [0.2, 0.25) is 0 Å². The van der Waals surface area contributed by atoms with Gasteiger partial charge in [-0.2, -0.15) is 0 Å². The average Bonchev–Trinajstić information content (AvgIpc) is 3.58. The maximum atomic E-state index is 13.7. The molecule has 14 heteroatoms. The van der Waals surface area contributed by atoms with Crippen LogP contribution in [0.15, 0.2) is 79.1 Å². The first kappa shape index (κ1) is 39.3. The molecule has 1 aromatic heterocycles. The molecule has 0 spiro atoms. The highest BCUT2D eigenvalue weighted by Crippen LogP contribution is 2.35. The second-order valence-electron chi connectivity index (χ2n) is 13.2. The first-order valence-electron chi connectivity index (χ1n) is 18.0. The molecule has 0 radical (unpaired) electrons. The van der Waals surface area contributed by atoms with Crippen molar-refractivity contribution in [2.24, 2.45) is 7.05 Å². The predicted octanol–water partition coefficient (Wildman–Crippen LogP) is 3.49. The molecule has 54 heavy (non-hydrogen) atoms. The van der Waals surface area contributed by atoms with Crippen LogP contribution in [0, 0.1) is 0 Å². The molecule has 4 amide bonds. The summed E-state index contributed by atoms with van der Waals surface area (Å²) in [7, 11) is 4.92. The van der Waals surface area contributed by atoms with Gasteiger partial charge in [-0.05, 0) is 75.0 Å². The molecule has 4 N–H and O–H groups in total. The normalized spacial score (nSPS) is 18.2. The van der Waals surface area contributed by atoms with E-state index in [1.165, 1.54) is 14.2 Å². The summed E-state index contributed by atoms with van der Waals surface area (Å²) in [5.41, 5.74) is 2.09. The number of amides is 4. The van der Waals surface area contributed by atoms with Crippen molar-refractivity contribution in [3.63, 3.8) is 0 Å². The number of benzene rings is 3. The van der Waals surface area contributed by atoms with Crippen LogP contribution in [-0.4, -0.2) is 84.0 Å². The van der Waals surface area contributed by atoms with Crippen molar-refractivity contribution in [1.29, 1.82) is 0 Å². The number of carbonyl (C=O) groups excluding carboxylic acids is 4. The quantitative estimate of drug-likeness (QED) is 0.208. The molecule has 0 saturated carbocycles. The molecule has 0 aliphatic carbocycles. The highest BCUT2D eigenvalue weighted by molar-refractivity contribution is 5.95. The lowest BCUT2D eigenvalue weighted by Crippen LogP contribution is -2.54. The van der Waals surface area contributed by atoms with Crippen LogP contribution in [0.3, 0.4) is 0 Å². The number of fused-ring (bicyclic) bond motifs is 18. The van der Waals surface area contributed by atoms with Crippen LogP contribution in [0.1, 0.15) is 53.5 Å². The van der Waals surface area contributed by atoms with E-state index in [1.54, 1.807) is 49.5 Å². The number of imidazole rings is 1. The Morgan fingerprint density at radius 3 is 2.43 bits per heavy atom. The fourth-order valence-electron chi connectivity index (χ4n) is 6.07. The molecule has 6 rings (SSSR count). The van der Waals surface area contributed by atoms with Crippen molar-refractivity contribution < 1.29 is 33.4 Å². The molecule has 0 unspecified atom stereocenters. The smallest absolute Gasteiger partial charge is 0.251 e. The van der Waals surface area contributed by atoms with Crippen molar-refractivity contribution in [3.8, 4) is 23.0 Å². The number of nitrogens with one attached hydrogen (secondary N) is 4. The molecule has 2 aliphatic rings. The second kappa shape index (κ2) is 19.3. The maximum Gasteiger partial charge on any atom is 0.251 e. The van der Waals surface area contributed by atoms with Crippen LogP contribution >= 0.6 is 0 Å². The predicted molar refractivity (Wildman–Crippen MR) is 202 cm³/mol. The minimum Gasteiger partial charge on any atom is -0.496 e. The number of aromatic nitrogens is 2. The number of nitrogens with zero attached hydrogens (tertiary/aromatic N) is 3. The number of aryl methyl sites for hydroxylation is 2. The van der Waals surface area contributed by atoms with E-state index < -0.39 is 23.9 Å². The highest BCUT2D eigenvalue weighted by Gasteiger charge is 2.26. The van der Waals surface area contributed by atoms with E-state index in [-0.39, 0.29) is 24.9 Å². The Labute approximate surface area is 315 Å². The molecule has 2 aliphatic heterocycles. The van der Waals surface area contributed by atoms with Gasteiger partial charge in [-0.1, -0.05) is 30.3 Å². The van der Waals surface area contributed by atoms with Crippen LogP contribution < -0.4 is 35.5 Å². The number of hydrogen-bond acceptors (Lipinski definition) is 9. The molecule has 3 heterocycles. The zero-order chi connectivity index (χ0) is 38.5. The van der Waals surface area contributed by atoms with Gasteiger partial charge < -0.3 is 40.0 Å². The number of carbonyl (C=O) groups is 4. The van der Waals surface area contributed by atoms with Crippen molar-refractivity contribution >= 4 is 23.6 Å². The van der Waals surface area contributed by atoms with Gasteiger partial charge in [0.1, 0.15) is 29.4 Å². The van der Waals surface area contributed by atoms with Gasteiger partial charge in [0.2, 0.25) is 17.7 Å². The van der Waals surface area contributed by atoms with Crippen LogP contribution in [0.25, 0.3) is 0 Å².